The highest BCUT2D eigenvalue weighted by atomic mass is 16.5. The standard InChI is InChI=1S/C13H20N4O/c1-18-12-10-4-6-14-7-5-11(10)16-13(17-12)15-8-9-2-3-9/h9,14H,2-8H2,1H3,(H,15,16,17). The number of ether oxygens (including phenoxy) is 1. The first-order valence-electron chi connectivity index (χ1n) is 6.75. The van der Waals surface area contributed by atoms with Gasteiger partial charge in [-0.1, -0.05) is 0 Å². The minimum absolute atomic E-state index is 0.722. The van der Waals surface area contributed by atoms with Gasteiger partial charge in [-0.2, -0.15) is 4.98 Å². The highest BCUT2D eigenvalue weighted by molar-refractivity contribution is 5.39. The van der Waals surface area contributed by atoms with Gasteiger partial charge in [-0.25, -0.2) is 4.98 Å². The number of aromatic nitrogens is 2. The van der Waals surface area contributed by atoms with Gasteiger partial charge in [-0.3, -0.25) is 0 Å². The smallest absolute Gasteiger partial charge is 0.226 e. The van der Waals surface area contributed by atoms with Crippen LogP contribution >= 0.6 is 0 Å². The first-order valence-corrected chi connectivity index (χ1v) is 6.75. The van der Waals surface area contributed by atoms with Crippen LogP contribution in [-0.4, -0.2) is 36.7 Å². The summed E-state index contributed by atoms with van der Waals surface area (Å²) in [7, 11) is 1.69. The lowest BCUT2D eigenvalue weighted by molar-refractivity contribution is 0.391. The average molecular weight is 248 g/mol. The number of rotatable bonds is 4. The topological polar surface area (TPSA) is 59.1 Å². The fourth-order valence-corrected chi connectivity index (χ4v) is 2.32. The van der Waals surface area contributed by atoms with Gasteiger partial charge in [0.15, 0.2) is 0 Å². The van der Waals surface area contributed by atoms with Crippen LogP contribution < -0.4 is 15.4 Å². The highest BCUT2D eigenvalue weighted by Gasteiger charge is 2.22. The third-order valence-electron chi connectivity index (χ3n) is 3.58. The summed E-state index contributed by atoms with van der Waals surface area (Å²) in [5, 5.41) is 6.71. The molecule has 0 unspecified atom stereocenters. The minimum atomic E-state index is 0.722. The summed E-state index contributed by atoms with van der Waals surface area (Å²) in [6.07, 6.45) is 4.56. The molecule has 3 rings (SSSR count). The van der Waals surface area contributed by atoms with Gasteiger partial charge in [0.05, 0.1) is 12.8 Å². The molecule has 0 aromatic carbocycles. The molecule has 0 amide bonds. The predicted molar refractivity (Wildman–Crippen MR) is 70.1 cm³/mol. The lowest BCUT2D eigenvalue weighted by atomic mass is 10.1. The summed E-state index contributed by atoms with van der Waals surface area (Å²) in [5.74, 6) is 2.28. The lowest BCUT2D eigenvalue weighted by Crippen LogP contribution is -2.16. The Morgan fingerprint density at radius 1 is 1.28 bits per heavy atom. The Bertz CT molecular complexity index is 431. The van der Waals surface area contributed by atoms with Crippen molar-refractivity contribution in [3.05, 3.63) is 11.3 Å². The normalized spacial score (nSPS) is 18.9. The summed E-state index contributed by atoms with van der Waals surface area (Å²) >= 11 is 0. The van der Waals surface area contributed by atoms with Crippen LogP contribution in [0, 0.1) is 5.92 Å². The lowest BCUT2D eigenvalue weighted by Gasteiger charge is -2.12. The van der Waals surface area contributed by atoms with Crippen molar-refractivity contribution in [1.82, 2.24) is 15.3 Å². The second kappa shape index (κ2) is 5.10. The zero-order valence-corrected chi connectivity index (χ0v) is 10.8. The van der Waals surface area contributed by atoms with Crippen LogP contribution in [0.5, 0.6) is 5.88 Å². The molecular weight excluding hydrogens is 228 g/mol. The van der Waals surface area contributed by atoms with Crippen molar-refractivity contribution >= 4 is 5.95 Å². The van der Waals surface area contributed by atoms with Crippen molar-refractivity contribution in [2.75, 3.05) is 32.1 Å². The number of anilines is 1. The molecule has 0 saturated heterocycles. The number of fused-ring (bicyclic) bond motifs is 1. The van der Waals surface area contributed by atoms with Gasteiger partial charge < -0.3 is 15.4 Å². The largest absolute Gasteiger partial charge is 0.481 e. The second-order valence-electron chi connectivity index (χ2n) is 5.06. The molecule has 0 spiro atoms. The van der Waals surface area contributed by atoms with Crippen LogP contribution in [0.25, 0.3) is 0 Å². The third-order valence-corrected chi connectivity index (χ3v) is 3.58. The zero-order valence-electron chi connectivity index (χ0n) is 10.8. The number of methoxy groups -OCH3 is 1. The van der Waals surface area contributed by atoms with Crippen molar-refractivity contribution in [2.24, 2.45) is 5.92 Å². The SMILES string of the molecule is COc1nc(NCC2CC2)nc2c1CCNCC2. The van der Waals surface area contributed by atoms with Gasteiger partial charge in [0, 0.05) is 25.1 Å². The number of hydrogen-bond donors (Lipinski definition) is 2. The fourth-order valence-electron chi connectivity index (χ4n) is 2.32. The van der Waals surface area contributed by atoms with Gasteiger partial charge in [-0.05, 0) is 31.7 Å². The Labute approximate surface area is 107 Å². The molecule has 0 bridgehead atoms. The van der Waals surface area contributed by atoms with Gasteiger partial charge in [0.1, 0.15) is 0 Å². The monoisotopic (exact) mass is 248 g/mol. The molecule has 5 nitrogen and oxygen atoms in total. The van der Waals surface area contributed by atoms with E-state index in [1.165, 1.54) is 18.4 Å². The molecular formula is C13H20N4O. The summed E-state index contributed by atoms with van der Waals surface area (Å²) in [4.78, 5) is 9.11. The molecule has 0 radical (unpaired) electrons. The van der Waals surface area contributed by atoms with Crippen LogP contribution in [0.2, 0.25) is 0 Å². The van der Waals surface area contributed by atoms with Gasteiger partial charge in [0.25, 0.3) is 0 Å². The quantitative estimate of drug-likeness (QED) is 0.832. The fraction of sp³-hybridized carbons (Fsp3) is 0.692. The van der Waals surface area contributed by atoms with E-state index in [1.807, 2.05) is 0 Å². The van der Waals surface area contributed by atoms with Crippen LogP contribution in [0.1, 0.15) is 24.1 Å². The van der Waals surface area contributed by atoms with Crippen molar-refractivity contribution < 1.29 is 4.74 Å². The van der Waals surface area contributed by atoms with Crippen molar-refractivity contribution in [3.63, 3.8) is 0 Å². The van der Waals surface area contributed by atoms with Crippen LogP contribution in [0.3, 0.4) is 0 Å². The number of nitrogens with zero attached hydrogens (tertiary/aromatic N) is 2. The maximum atomic E-state index is 5.41. The molecule has 2 heterocycles. The first-order chi connectivity index (χ1) is 8.86. The Hall–Kier alpha value is -1.36. The van der Waals surface area contributed by atoms with Crippen molar-refractivity contribution in [1.29, 1.82) is 0 Å². The van der Waals surface area contributed by atoms with Gasteiger partial charge in [0.2, 0.25) is 11.8 Å². The summed E-state index contributed by atoms with van der Waals surface area (Å²) in [6, 6.07) is 0. The van der Waals surface area contributed by atoms with Crippen molar-refractivity contribution in [2.45, 2.75) is 25.7 Å². The van der Waals surface area contributed by atoms with Crippen LogP contribution in [0.15, 0.2) is 0 Å². The molecule has 1 aliphatic carbocycles. The maximum Gasteiger partial charge on any atom is 0.226 e. The highest BCUT2D eigenvalue weighted by Crippen LogP contribution is 2.29. The van der Waals surface area contributed by atoms with E-state index in [1.54, 1.807) is 7.11 Å². The molecule has 1 aromatic rings. The minimum Gasteiger partial charge on any atom is -0.481 e. The zero-order chi connectivity index (χ0) is 12.4. The average Bonchev–Trinajstić information content (AvgIpc) is 3.21. The predicted octanol–water partition coefficient (Wildman–Crippen LogP) is 0.995. The Morgan fingerprint density at radius 2 is 2.11 bits per heavy atom. The Kier molecular flexibility index (Phi) is 3.32. The molecule has 2 N–H and O–H groups in total. The molecule has 2 aliphatic rings. The van der Waals surface area contributed by atoms with E-state index >= 15 is 0 Å². The molecule has 5 heteroatoms. The van der Waals surface area contributed by atoms with Crippen LogP contribution in [0.4, 0.5) is 5.95 Å². The molecule has 18 heavy (non-hydrogen) atoms. The van der Waals surface area contributed by atoms with Gasteiger partial charge >= 0.3 is 0 Å². The van der Waals surface area contributed by atoms with E-state index in [0.29, 0.717) is 0 Å². The van der Waals surface area contributed by atoms with E-state index in [4.69, 9.17) is 4.74 Å². The Morgan fingerprint density at radius 3 is 2.89 bits per heavy atom. The maximum absolute atomic E-state index is 5.41. The molecule has 1 aliphatic heterocycles. The van der Waals surface area contributed by atoms with Crippen molar-refractivity contribution in [3.8, 4) is 5.88 Å². The van der Waals surface area contributed by atoms with E-state index < -0.39 is 0 Å². The summed E-state index contributed by atoms with van der Waals surface area (Å²) in [6.45, 7) is 2.94. The van der Waals surface area contributed by atoms with E-state index in [2.05, 4.69) is 20.6 Å². The molecule has 0 atom stereocenters. The molecule has 1 saturated carbocycles. The van der Waals surface area contributed by atoms with E-state index in [0.717, 1.165) is 55.9 Å². The van der Waals surface area contributed by atoms with E-state index in [-0.39, 0.29) is 0 Å². The van der Waals surface area contributed by atoms with E-state index in [9.17, 15) is 0 Å². The molecule has 98 valence electrons. The Balaban J connectivity index is 1.83. The summed E-state index contributed by atoms with van der Waals surface area (Å²) < 4.78 is 5.41. The number of nitrogens with one attached hydrogen (secondary N) is 2. The third kappa shape index (κ3) is 2.56. The van der Waals surface area contributed by atoms with Crippen LogP contribution in [-0.2, 0) is 12.8 Å². The summed E-state index contributed by atoms with van der Waals surface area (Å²) in [5.41, 5.74) is 2.30. The second-order valence-corrected chi connectivity index (χ2v) is 5.06. The first kappa shape index (κ1) is 11.7. The molecule has 1 fully saturated rings. The number of hydrogen-bond acceptors (Lipinski definition) is 5. The van der Waals surface area contributed by atoms with Gasteiger partial charge in [-0.15, -0.1) is 0 Å². The molecule has 1 aromatic heterocycles.